The first-order chi connectivity index (χ1) is 13.1. The zero-order valence-corrected chi connectivity index (χ0v) is 17.9. The molecule has 2 rings (SSSR count). The number of hydrogen-bond donors (Lipinski definition) is 2. The number of carbonyl (C=O) groups is 2. The van der Waals surface area contributed by atoms with Crippen LogP contribution < -0.4 is 20.1 Å². The molecule has 1 unspecified atom stereocenters. The maximum absolute atomic E-state index is 12.7. The number of fused-ring (bicyclic) bond motifs is 1. The molecule has 0 saturated heterocycles. The van der Waals surface area contributed by atoms with Crippen LogP contribution >= 0.6 is 0 Å². The van der Waals surface area contributed by atoms with Crippen molar-refractivity contribution >= 4 is 11.8 Å². The summed E-state index contributed by atoms with van der Waals surface area (Å²) in [5.41, 5.74) is 0.761. The van der Waals surface area contributed by atoms with Crippen LogP contribution in [-0.4, -0.2) is 37.6 Å². The Labute approximate surface area is 168 Å². The van der Waals surface area contributed by atoms with Gasteiger partial charge in [-0.3, -0.25) is 9.59 Å². The van der Waals surface area contributed by atoms with Crippen molar-refractivity contribution in [3.63, 3.8) is 0 Å². The first-order valence-electron chi connectivity index (χ1n) is 10.1. The largest absolute Gasteiger partial charge is 0.486 e. The molecular formula is C22H34N2O4. The highest BCUT2D eigenvalue weighted by Crippen LogP contribution is 2.34. The van der Waals surface area contributed by atoms with E-state index >= 15 is 0 Å². The topological polar surface area (TPSA) is 76.7 Å². The third-order valence-corrected chi connectivity index (χ3v) is 4.89. The molecule has 2 N–H and O–H groups in total. The van der Waals surface area contributed by atoms with E-state index in [0.29, 0.717) is 26.2 Å². The molecule has 0 fully saturated rings. The summed E-state index contributed by atoms with van der Waals surface area (Å²) in [5, 5.41) is 5.89. The summed E-state index contributed by atoms with van der Waals surface area (Å²) in [6.07, 6.45) is 0.416. The molecule has 6 nitrogen and oxygen atoms in total. The normalized spacial score (nSPS) is 14.7. The summed E-state index contributed by atoms with van der Waals surface area (Å²) in [5.74, 6) is 1.51. The maximum Gasteiger partial charge on any atom is 0.242 e. The number of amides is 2. The number of rotatable bonds is 8. The van der Waals surface area contributed by atoms with Gasteiger partial charge in [0.05, 0.1) is 0 Å². The van der Waals surface area contributed by atoms with E-state index < -0.39 is 6.04 Å². The molecular weight excluding hydrogens is 356 g/mol. The minimum Gasteiger partial charge on any atom is -0.486 e. The van der Waals surface area contributed by atoms with Crippen LogP contribution in [0.4, 0.5) is 0 Å². The average molecular weight is 391 g/mol. The number of hydrogen-bond acceptors (Lipinski definition) is 4. The van der Waals surface area contributed by atoms with Gasteiger partial charge in [-0.15, -0.1) is 0 Å². The quantitative estimate of drug-likeness (QED) is 0.715. The summed E-state index contributed by atoms with van der Waals surface area (Å²) in [4.78, 5) is 24.9. The van der Waals surface area contributed by atoms with E-state index in [1.165, 1.54) is 0 Å². The van der Waals surface area contributed by atoms with Gasteiger partial charge in [0.2, 0.25) is 11.8 Å². The molecule has 1 heterocycles. The molecule has 156 valence electrons. The molecule has 0 radical (unpaired) electrons. The van der Waals surface area contributed by atoms with E-state index in [0.717, 1.165) is 17.1 Å². The molecule has 6 heteroatoms. The van der Waals surface area contributed by atoms with Crippen molar-refractivity contribution in [3.05, 3.63) is 23.8 Å². The lowest BCUT2D eigenvalue weighted by molar-refractivity contribution is -0.130. The molecule has 1 aromatic carbocycles. The third-order valence-electron chi connectivity index (χ3n) is 4.89. The fourth-order valence-corrected chi connectivity index (χ4v) is 3.12. The van der Waals surface area contributed by atoms with Gasteiger partial charge in [0, 0.05) is 18.4 Å². The van der Waals surface area contributed by atoms with E-state index in [9.17, 15) is 9.59 Å². The number of nitrogens with one attached hydrogen (secondary N) is 2. The smallest absolute Gasteiger partial charge is 0.242 e. The second-order valence-electron chi connectivity index (χ2n) is 8.85. The molecule has 0 saturated carbocycles. The van der Waals surface area contributed by atoms with Gasteiger partial charge in [-0.25, -0.2) is 0 Å². The molecule has 0 spiro atoms. The van der Waals surface area contributed by atoms with Crippen molar-refractivity contribution < 1.29 is 19.1 Å². The summed E-state index contributed by atoms with van der Waals surface area (Å²) in [7, 11) is 0. The fourth-order valence-electron chi connectivity index (χ4n) is 3.12. The lowest BCUT2D eigenvalue weighted by atomic mass is 9.84. The minimum atomic E-state index is -0.540. The van der Waals surface area contributed by atoms with Crippen LogP contribution in [0.5, 0.6) is 11.5 Å². The van der Waals surface area contributed by atoms with Gasteiger partial charge in [-0.1, -0.05) is 47.6 Å². The van der Waals surface area contributed by atoms with Crippen LogP contribution in [0, 0.1) is 11.8 Å². The second-order valence-corrected chi connectivity index (χ2v) is 8.85. The number of benzene rings is 1. The molecule has 1 aliphatic heterocycles. The van der Waals surface area contributed by atoms with Crippen LogP contribution in [0.25, 0.3) is 0 Å². The van der Waals surface area contributed by atoms with E-state index in [2.05, 4.69) is 24.5 Å². The molecule has 0 bridgehead atoms. The van der Waals surface area contributed by atoms with E-state index in [-0.39, 0.29) is 29.1 Å². The summed E-state index contributed by atoms with van der Waals surface area (Å²) in [6, 6.07) is 5.35. The molecule has 28 heavy (non-hydrogen) atoms. The number of carbonyl (C=O) groups excluding carboxylic acids is 2. The Morgan fingerprint density at radius 1 is 1.07 bits per heavy atom. The van der Waals surface area contributed by atoms with E-state index in [1.807, 2.05) is 45.9 Å². The fraction of sp³-hybridized carbons (Fsp3) is 0.636. The van der Waals surface area contributed by atoms with Crippen LogP contribution in [0.1, 0.15) is 53.5 Å². The Morgan fingerprint density at radius 3 is 2.32 bits per heavy atom. The predicted octanol–water partition coefficient (Wildman–Crippen LogP) is 3.04. The van der Waals surface area contributed by atoms with Crippen molar-refractivity contribution in [1.29, 1.82) is 0 Å². The molecule has 1 atom stereocenters. The Morgan fingerprint density at radius 2 is 1.71 bits per heavy atom. The van der Waals surface area contributed by atoms with Gasteiger partial charge < -0.3 is 20.1 Å². The van der Waals surface area contributed by atoms with Crippen LogP contribution in [0.2, 0.25) is 0 Å². The first kappa shape index (κ1) is 22.1. The standard InChI is InChI=1S/C22H34N2O4/c1-14(2)11-19(25)24-20(15(3)4)21(26)23-13-22(5,6)16-7-8-17-18(12-16)28-10-9-27-17/h7-8,12,14-15,20H,9-11,13H2,1-6H3,(H,23,26)(H,24,25). The van der Waals surface area contributed by atoms with Gasteiger partial charge in [0.1, 0.15) is 19.3 Å². The van der Waals surface area contributed by atoms with Crippen molar-refractivity contribution in [1.82, 2.24) is 10.6 Å². The Balaban J connectivity index is 2.01. The second kappa shape index (κ2) is 9.30. The zero-order chi connectivity index (χ0) is 20.9. The van der Waals surface area contributed by atoms with Crippen LogP contribution in [0.15, 0.2) is 18.2 Å². The van der Waals surface area contributed by atoms with Crippen molar-refractivity contribution in [2.75, 3.05) is 19.8 Å². The Bertz CT molecular complexity index is 698. The highest BCUT2D eigenvalue weighted by Gasteiger charge is 2.28. The lowest BCUT2D eigenvalue weighted by Gasteiger charge is -2.29. The maximum atomic E-state index is 12.7. The highest BCUT2D eigenvalue weighted by atomic mass is 16.6. The molecule has 1 aromatic rings. The summed E-state index contributed by atoms with van der Waals surface area (Å²) in [6.45, 7) is 13.5. The molecule has 1 aliphatic rings. The molecule has 0 aliphatic carbocycles. The van der Waals surface area contributed by atoms with Crippen molar-refractivity contribution in [2.24, 2.45) is 11.8 Å². The first-order valence-corrected chi connectivity index (χ1v) is 10.1. The van der Waals surface area contributed by atoms with Crippen LogP contribution in [-0.2, 0) is 15.0 Å². The van der Waals surface area contributed by atoms with Gasteiger partial charge in [0.25, 0.3) is 0 Å². The van der Waals surface area contributed by atoms with Crippen LogP contribution in [0.3, 0.4) is 0 Å². The van der Waals surface area contributed by atoms with Gasteiger partial charge in [-0.2, -0.15) is 0 Å². The van der Waals surface area contributed by atoms with Crippen molar-refractivity contribution in [2.45, 2.75) is 59.4 Å². The van der Waals surface area contributed by atoms with Gasteiger partial charge in [-0.05, 0) is 29.5 Å². The van der Waals surface area contributed by atoms with Gasteiger partial charge >= 0.3 is 0 Å². The summed E-state index contributed by atoms with van der Waals surface area (Å²) >= 11 is 0. The van der Waals surface area contributed by atoms with E-state index in [4.69, 9.17) is 9.47 Å². The minimum absolute atomic E-state index is 0.00789. The highest BCUT2D eigenvalue weighted by molar-refractivity contribution is 5.87. The Hall–Kier alpha value is -2.24. The number of ether oxygens (including phenoxy) is 2. The van der Waals surface area contributed by atoms with Gasteiger partial charge in [0.15, 0.2) is 11.5 Å². The van der Waals surface area contributed by atoms with Crippen molar-refractivity contribution in [3.8, 4) is 11.5 Å². The van der Waals surface area contributed by atoms with E-state index in [1.54, 1.807) is 0 Å². The average Bonchev–Trinajstić information content (AvgIpc) is 2.63. The predicted molar refractivity (Wildman–Crippen MR) is 110 cm³/mol. The molecule has 0 aromatic heterocycles. The third kappa shape index (κ3) is 5.88. The SMILES string of the molecule is CC(C)CC(=O)NC(C(=O)NCC(C)(C)c1ccc2c(c1)OCCO2)C(C)C. The summed E-state index contributed by atoms with van der Waals surface area (Å²) < 4.78 is 11.2. The molecule has 2 amide bonds. The lowest BCUT2D eigenvalue weighted by Crippen LogP contribution is -2.51. The zero-order valence-electron chi connectivity index (χ0n) is 17.9. The Kier molecular flexibility index (Phi) is 7.33. The monoisotopic (exact) mass is 390 g/mol.